The molecule has 0 aliphatic carbocycles. The summed E-state index contributed by atoms with van der Waals surface area (Å²) in [6.45, 7) is 1.26. The summed E-state index contributed by atoms with van der Waals surface area (Å²) in [6.07, 6.45) is 1.54. The van der Waals surface area contributed by atoms with E-state index in [0.29, 0.717) is 31.6 Å². The van der Waals surface area contributed by atoms with Crippen LogP contribution in [0.5, 0.6) is 0 Å². The van der Waals surface area contributed by atoms with Crippen molar-refractivity contribution >= 4 is 45.0 Å². The van der Waals surface area contributed by atoms with Gasteiger partial charge in [0.1, 0.15) is 0 Å². The number of carbonyl (C=O) groups is 3. The fourth-order valence-corrected chi connectivity index (χ4v) is 4.27. The summed E-state index contributed by atoms with van der Waals surface area (Å²) < 4.78 is 0.896. The lowest BCUT2D eigenvalue weighted by Gasteiger charge is -2.34. The first-order valence-electron chi connectivity index (χ1n) is 9.75. The van der Waals surface area contributed by atoms with Gasteiger partial charge >= 0.3 is 0 Å². The zero-order chi connectivity index (χ0) is 20.4. The minimum Gasteiger partial charge on any atom is -0.326 e. The molecular formula is C22H22BrN3O3. The maximum atomic E-state index is 12.9. The number of nitrogens with zero attached hydrogens (tertiary/aromatic N) is 2. The van der Waals surface area contributed by atoms with Crippen LogP contribution in [0.3, 0.4) is 0 Å². The Morgan fingerprint density at radius 1 is 0.966 bits per heavy atom. The van der Waals surface area contributed by atoms with E-state index in [0.717, 1.165) is 10.2 Å². The van der Waals surface area contributed by atoms with E-state index in [1.54, 1.807) is 12.1 Å². The second kappa shape index (κ2) is 8.47. The zero-order valence-electron chi connectivity index (χ0n) is 15.9. The molecule has 2 aliphatic rings. The SMILES string of the molecule is O=C(Nc1ccccc1)C1CCN([C@H]2CC(=O)N(c3ccc(Br)cc3)C2=O)CC1. The monoisotopic (exact) mass is 455 g/mol. The van der Waals surface area contributed by atoms with Crippen molar-refractivity contribution in [2.45, 2.75) is 25.3 Å². The first kappa shape index (κ1) is 19.8. The van der Waals surface area contributed by atoms with Crippen LogP contribution >= 0.6 is 15.9 Å². The van der Waals surface area contributed by atoms with Crippen molar-refractivity contribution in [2.24, 2.45) is 5.92 Å². The molecule has 2 fully saturated rings. The molecule has 0 bridgehead atoms. The zero-order valence-corrected chi connectivity index (χ0v) is 17.5. The molecule has 0 saturated carbocycles. The van der Waals surface area contributed by atoms with Crippen LogP contribution in [0.1, 0.15) is 19.3 Å². The molecule has 6 nitrogen and oxygen atoms in total. The predicted octanol–water partition coefficient (Wildman–Crippen LogP) is 3.43. The van der Waals surface area contributed by atoms with Crippen molar-refractivity contribution in [3.05, 3.63) is 59.1 Å². The number of nitrogens with one attached hydrogen (secondary N) is 1. The number of anilines is 2. The van der Waals surface area contributed by atoms with E-state index in [-0.39, 0.29) is 30.1 Å². The van der Waals surface area contributed by atoms with Crippen molar-refractivity contribution in [1.82, 2.24) is 4.90 Å². The molecule has 2 aromatic carbocycles. The van der Waals surface area contributed by atoms with Crippen LogP contribution in [-0.2, 0) is 14.4 Å². The Morgan fingerprint density at radius 2 is 1.62 bits per heavy atom. The van der Waals surface area contributed by atoms with E-state index in [9.17, 15) is 14.4 Å². The van der Waals surface area contributed by atoms with Gasteiger partial charge in [0.15, 0.2) is 0 Å². The van der Waals surface area contributed by atoms with Gasteiger partial charge < -0.3 is 5.32 Å². The van der Waals surface area contributed by atoms with E-state index >= 15 is 0 Å². The molecule has 7 heteroatoms. The molecule has 2 aromatic rings. The fraction of sp³-hybridized carbons (Fsp3) is 0.318. The standard InChI is InChI=1S/C22H22BrN3O3/c23-16-6-8-18(9-7-16)26-20(27)14-19(22(26)29)25-12-10-15(11-13-25)21(28)24-17-4-2-1-3-5-17/h1-9,15,19H,10-14H2,(H,24,28)/t19-/m0/s1. The molecule has 1 N–H and O–H groups in total. The fourth-order valence-electron chi connectivity index (χ4n) is 4.00. The summed E-state index contributed by atoms with van der Waals surface area (Å²) in [7, 11) is 0. The van der Waals surface area contributed by atoms with Crippen molar-refractivity contribution in [2.75, 3.05) is 23.3 Å². The van der Waals surface area contributed by atoms with Gasteiger partial charge in [-0.05, 0) is 62.3 Å². The molecule has 29 heavy (non-hydrogen) atoms. The van der Waals surface area contributed by atoms with Gasteiger partial charge in [0.2, 0.25) is 11.8 Å². The van der Waals surface area contributed by atoms with Gasteiger partial charge in [-0.1, -0.05) is 34.1 Å². The van der Waals surface area contributed by atoms with Gasteiger partial charge in [0, 0.05) is 16.1 Å². The molecule has 0 radical (unpaired) electrons. The summed E-state index contributed by atoms with van der Waals surface area (Å²) in [4.78, 5) is 41.3. The molecule has 3 amide bonds. The van der Waals surface area contributed by atoms with E-state index in [4.69, 9.17) is 0 Å². The molecule has 0 unspecified atom stereocenters. The summed E-state index contributed by atoms with van der Waals surface area (Å²) in [5.41, 5.74) is 1.39. The minimum absolute atomic E-state index is 0.0150. The number of likely N-dealkylation sites (tertiary alicyclic amines) is 1. The Hall–Kier alpha value is -2.51. The number of carbonyl (C=O) groups excluding carboxylic acids is 3. The molecule has 2 saturated heterocycles. The summed E-state index contributed by atoms with van der Waals surface area (Å²) in [6, 6.07) is 16.1. The van der Waals surface area contributed by atoms with Crippen molar-refractivity contribution < 1.29 is 14.4 Å². The first-order chi connectivity index (χ1) is 14.0. The van der Waals surface area contributed by atoms with E-state index in [2.05, 4.69) is 21.2 Å². The number of para-hydroxylation sites is 1. The highest BCUT2D eigenvalue weighted by Gasteiger charge is 2.43. The van der Waals surface area contributed by atoms with Crippen LogP contribution in [-0.4, -0.2) is 41.8 Å². The number of amides is 3. The third-order valence-electron chi connectivity index (χ3n) is 5.59. The molecular weight excluding hydrogens is 434 g/mol. The molecule has 150 valence electrons. The van der Waals surface area contributed by atoms with Crippen molar-refractivity contribution in [3.63, 3.8) is 0 Å². The number of benzene rings is 2. The van der Waals surface area contributed by atoms with Gasteiger partial charge in [-0.25, -0.2) is 4.90 Å². The van der Waals surface area contributed by atoms with Crippen LogP contribution in [0.15, 0.2) is 59.1 Å². The third kappa shape index (κ3) is 4.26. The number of piperidine rings is 1. The number of hydrogen-bond donors (Lipinski definition) is 1. The van der Waals surface area contributed by atoms with Crippen LogP contribution in [0.4, 0.5) is 11.4 Å². The van der Waals surface area contributed by atoms with Gasteiger partial charge in [-0.3, -0.25) is 19.3 Å². The maximum Gasteiger partial charge on any atom is 0.251 e. The van der Waals surface area contributed by atoms with Crippen LogP contribution in [0, 0.1) is 5.92 Å². The van der Waals surface area contributed by atoms with E-state index in [1.165, 1.54) is 4.90 Å². The quantitative estimate of drug-likeness (QED) is 0.716. The maximum absolute atomic E-state index is 12.9. The van der Waals surface area contributed by atoms with E-state index in [1.807, 2.05) is 47.4 Å². The van der Waals surface area contributed by atoms with Gasteiger partial charge in [-0.2, -0.15) is 0 Å². The Bertz CT molecular complexity index is 909. The number of hydrogen-bond acceptors (Lipinski definition) is 4. The second-order valence-corrected chi connectivity index (χ2v) is 8.34. The summed E-state index contributed by atoms with van der Waals surface area (Å²) >= 11 is 3.37. The predicted molar refractivity (Wildman–Crippen MR) is 114 cm³/mol. The van der Waals surface area contributed by atoms with Gasteiger partial charge in [-0.15, -0.1) is 0 Å². The lowest BCUT2D eigenvalue weighted by atomic mass is 9.94. The van der Waals surface area contributed by atoms with Gasteiger partial charge in [0.05, 0.1) is 18.2 Å². The Morgan fingerprint density at radius 3 is 2.28 bits per heavy atom. The van der Waals surface area contributed by atoms with Crippen LogP contribution < -0.4 is 10.2 Å². The smallest absolute Gasteiger partial charge is 0.251 e. The summed E-state index contributed by atoms with van der Waals surface area (Å²) in [5, 5.41) is 2.95. The minimum atomic E-state index is -0.440. The van der Waals surface area contributed by atoms with Crippen LogP contribution in [0.25, 0.3) is 0 Å². The lowest BCUT2D eigenvalue weighted by molar-refractivity contribution is -0.123. The third-order valence-corrected chi connectivity index (χ3v) is 6.12. The summed E-state index contributed by atoms with van der Waals surface area (Å²) in [5.74, 6) is -0.418. The molecule has 1 atom stereocenters. The molecule has 4 rings (SSSR count). The molecule has 0 spiro atoms. The number of rotatable bonds is 4. The highest BCUT2D eigenvalue weighted by Crippen LogP contribution is 2.29. The second-order valence-electron chi connectivity index (χ2n) is 7.43. The Kier molecular flexibility index (Phi) is 5.78. The number of imide groups is 1. The van der Waals surface area contributed by atoms with Crippen molar-refractivity contribution in [1.29, 1.82) is 0 Å². The normalized spacial score (nSPS) is 20.9. The lowest BCUT2D eigenvalue weighted by Crippen LogP contribution is -2.47. The van der Waals surface area contributed by atoms with E-state index < -0.39 is 6.04 Å². The Balaban J connectivity index is 1.36. The molecule has 2 aliphatic heterocycles. The average molecular weight is 456 g/mol. The number of halogens is 1. The highest BCUT2D eigenvalue weighted by molar-refractivity contribution is 9.10. The Labute approximate surface area is 178 Å². The molecule has 0 aromatic heterocycles. The highest BCUT2D eigenvalue weighted by atomic mass is 79.9. The topological polar surface area (TPSA) is 69.7 Å². The average Bonchev–Trinajstić information content (AvgIpc) is 3.04. The molecule has 2 heterocycles. The first-order valence-corrected chi connectivity index (χ1v) is 10.5. The van der Waals surface area contributed by atoms with Crippen LogP contribution in [0.2, 0.25) is 0 Å². The van der Waals surface area contributed by atoms with Gasteiger partial charge in [0.25, 0.3) is 5.91 Å². The van der Waals surface area contributed by atoms with Crippen molar-refractivity contribution in [3.8, 4) is 0 Å². The largest absolute Gasteiger partial charge is 0.326 e.